The Morgan fingerprint density at radius 2 is 2.19 bits per heavy atom. The highest BCUT2D eigenvalue weighted by molar-refractivity contribution is 7.12. The topological polar surface area (TPSA) is 68.5 Å². The average molecular weight is 375 g/mol. The van der Waals surface area contributed by atoms with E-state index >= 15 is 0 Å². The van der Waals surface area contributed by atoms with Crippen molar-refractivity contribution in [1.29, 1.82) is 0 Å². The maximum absolute atomic E-state index is 12.7. The van der Waals surface area contributed by atoms with Crippen LogP contribution < -0.4 is 0 Å². The Morgan fingerprint density at radius 3 is 3.00 bits per heavy atom. The Kier molecular flexibility index (Phi) is 5.65. The van der Waals surface area contributed by atoms with Gasteiger partial charge in [0.05, 0.1) is 11.5 Å². The molecule has 140 valence electrons. The SMILES string of the molecule is O=C(c1cccs1)N1CCCC1c1nc(CCOCC2CCCC2)no1. The first-order valence-electron chi connectivity index (χ1n) is 9.56. The van der Waals surface area contributed by atoms with Gasteiger partial charge < -0.3 is 14.2 Å². The van der Waals surface area contributed by atoms with Gasteiger partial charge in [-0.3, -0.25) is 4.79 Å². The smallest absolute Gasteiger partial charge is 0.264 e. The number of nitrogens with zero attached hydrogens (tertiary/aromatic N) is 3. The highest BCUT2D eigenvalue weighted by atomic mass is 32.1. The molecule has 2 aromatic heterocycles. The van der Waals surface area contributed by atoms with Crippen LogP contribution in [0, 0.1) is 5.92 Å². The number of ether oxygens (including phenoxy) is 1. The monoisotopic (exact) mass is 375 g/mol. The first-order chi connectivity index (χ1) is 12.8. The number of amides is 1. The summed E-state index contributed by atoms with van der Waals surface area (Å²) in [5.74, 6) is 2.01. The lowest BCUT2D eigenvalue weighted by Gasteiger charge is -2.20. The quantitative estimate of drug-likeness (QED) is 0.688. The molecule has 1 aliphatic heterocycles. The molecule has 7 heteroatoms. The fourth-order valence-electron chi connectivity index (χ4n) is 3.90. The summed E-state index contributed by atoms with van der Waals surface area (Å²) in [6, 6.07) is 3.66. The highest BCUT2D eigenvalue weighted by Crippen LogP contribution is 2.33. The number of hydrogen-bond donors (Lipinski definition) is 0. The maximum Gasteiger partial charge on any atom is 0.264 e. The lowest BCUT2D eigenvalue weighted by molar-refractivity contribution is 0.0715. The summed E-state index contributed by atoms with van der Waals surface area (Å²) in [6.45, 7) is 2.21. The first kappa shape index (κ1) is 17.7. The molecule has 4 rings (SSSR count). The zero-order valence-corrected chi connectivity index (χ0v) is 15.7. The Hall–Kier alpha value is -1.73. The number of rotatable bonds is 7. The second-order valence-corrected chi connectivity index (χ2v) is 8.11. The van der Waals surface area contributed by atoms with Gasteiger partial charge in [-0.05, 0) is 43.0 Å². The Morgan fingerprint density at radius 1 is 1.31 bits per heavy atom. The van der Waals surface area contributed by atoms with Gasteiger partial charge in [0.2, 0.25) is 5.89 Å². The minimum absolute atomic E-state index is 0.0575. The third-order valence-corrected chi connectivity index (χ3v) is 6.17. The average Bonchev–Trinajstić information content (AvgIpc) is 3.45. The summed E-state index contributed by atoms with van der Waals surface area (Å²) in [5, 5.41) is 6.01. The van der Waals surface area contributed by atoms with Crippen molar-refractivity contribution >= 4 is 17.2 Å². The van der Waals surface area contributed by atoms with Crippen molar-refractivity contribution in [3.63, 3.8) is 0 Å². The van der Waals surface area contributed by atoms with Crippen LogP contribution in [0.2, 0.25) is 0 Å². The summed E-state index contributed by atoms with van der Waals surface area (Å²) >= 11 is 1.47. The molecule has 1 saturated carbocycles. The van der Waals surface area contributed by atoms with E-state index in [0.29, 0.717) is 24.7 Å². The predicted octanol–water partition coefficient (Wildman–Crippen LogP) is 3.86. The molecule has 2 fully saturated rings. The van der Waals surface area contributed by atoms with E-state index in [4.69, 9.17) is 9.26 Å². The van der Waals surface area contributed by atoms with E-state index in [1.165, 1.54) is 37.0 Å². The van der Waals surface area contributed by atoms with Gasteiger partial charge in [0.25, 0.3) is 5.91 Å². The van der Waals surface area contributed by atoms with Crippen molar-refractivity contribution in [2.75, 3.05) is 19.8 Å². The van der Waals surface area contributed by atoms with Crippen LogP contribution in [0.4, 0.5) is 0 Å². The van der Waals surface area contributed by atoms with Gasteiger partial charge in [-0.15, -0.1) is 11.3 Å². The maximum atomic E-state index is 12.7. The Balaban J connectivity index is 1.31. The molecular formula is C19H25N3O3S. The molecule has 1 aliphatic carbocycles. The highest BCUT2D eigenvalue weighted by Gasteiger charge is 2.34. The molecule has 0 N–H and O–H groups in total. The standard InChI is InChI=1S/C19H25N3O3S/c23-19(16-8-4-12-26-16)22-10-3-7-15(22)18-20-17(21-25-18)9-11-24-13-14-5-1-2-6-14/h4,8,12,14-15H,1-3,5-7,9-11,13H2. The normalized spacial score (nSPS) is 20.9. The van der Waals surface area contributed by atoms with Crippen LogP contribution >= 0.6 is 11.3 Å². The van der Waals surface area contributed by atoms with E-state index in [-0.39, 0.29) is 11.9 Å². The number of aromatic nitrogens is 2. The van der Waals surface area contributed by atoms with Crippen LogP contribution in [0.3, 0.4) is 0 Å². The molecule has 0 aromatic carbocycles. The predicted molar refractivity (Wildman–Crippen MR) is 98.1 cm³/mol. The number of thiophene rings is 1. The molecular weight excluding hydrogens is 350 g/mol. The van der Waals surface area contributed by atoms with Gasteiger partial charge >= 0.3 is 0 Å². The van der Waals surface area contributed by atoms with Gasteiger partial charge in [-0.25, -0.2) is 0 Å². The van der Waals surface area contributed by atoms with Crippen molar-refractivity contribution in [3.8, 4) is 0 Å². The molecule has 0 spiro atoms. The summed E-state index contributed by atoms with van der Waals surface area (Å²) in [4.78, 5) is 19.8. The van der Waals surface area contributed by atoms with E-state index in [1.54, 1.807) is 0 Å². The lowest BCUT2D eigenvalue weighted by atomic mass is 10.1. The molecule has 1 unspecified atom stereocenters. The molecule has 26 heavy (non-hydrogen) atoms. The number of likely N-dealkylation sites (tertiary alicyclic amines) is 1. The van der Waals surface area contributed by atoms with Crippen LogP contribution in [0.25, 0.3) is 0 Å². The molecule has 0 radical (unpaired) electrons. The zero-order chi connectivity index (χ0) is 17.8. The summed E-state index contributed by atoms with van der Waals surface area (Å²) in [7, 11) is 0. The van der Waals surface area contributed by atoms with Crippen molar-refractivity contribution in [2.24, 2.45) is 5.92 Å². The van der Waals surface area contributed by atoms with Crippen molar-refractivity contribution in [3.05, 3.63) is 34.1 Å². The van der Waals surface area contributed by atoms with Crippen LogP contribution in [-0.2, 0) is 11.2 Å². The van der Waals surface area contributed by atoms with Crippen molar-refractivity contribution < 1.29 is 14.1 Å². The second-order valence-electron chi connectivity index (χ2n) is 7.16. The molecule has 1 atom stereocenters. The Labute approximate surface area is 157 Å². The van der Waals surface area contributed by atoms with Crippen molar-refractivity contribution in [2.45, 2.75) is 51.0 Å². The molecule has 2 aromatic rings. The van der Waals surface area contributed by atoms with E-state index in [0.717, 1.165) is 36.8 Å². The molecule has 0 bridgehead atoms. The first-order valence-corrected chi connectivity index (χ1v) is 10.4. The van der Waals surface area contributed by atoms with E-state index < -0.39 is 0 Å². The van der Waals surface area contributed by atoms with Crippen LogP contribution in [0.1, 0.15) is 66.0 Å². The fourth-order valence-corrected chi connectivity index (χ4v) is 4.58. The molecule has 1 amide bonds. The van der Waals surface area contributed by atoms with Gasteiger partial charge in [-0.1, -0.05) is 24.1 Å². The minimum atomic E-state index is -0.106. The van der Waals surface area contributed by atoms with E-state index in [2.05, 4.69) is 10.1 Å². The molecule has 3 heterocycles. The number of hydrogen-bond acceptors (Lipinski definition) is 6. The van der Waals surface area contributed by atoms with Gasteiger partial charge in [0, 0.05) is 19.6 Å². The van der Waals surface area contributed by atoms with Crippen LogP contribution in [0.5, 0.6) is 0 Å². The van der Waals surface area contributed by atoms with E-state index in [1.807, 2.05) is 22.4 Å². The number of carbonyl (C=O) groups is 1. The summed E-state index contributed by atoms with van der Waals surface area (Å²) < 4.78 is 11.2. The summed E-state index contributed by atoms with van der Waals surface area (Å²) in [5.41, 5.74) is 0. The summed E-state index contributed by atoms with van der Waals surface area (Å²) in [6.07, 6.45) is 7.75. The molecule has 1 saturated heterocycles. The zero-order valence-electron chi connectivity index (χ0n) is 14.9. The number of carbonyl (C=O) groups excluding carboxylic acids is 1. The lowest BCUT2D eigenvalue weighted by Crippen LogP contribution is -2.30. The molecule has 2 aliphatic rings. The minimum Gasteiger partial charge on any atom is -0.381 e. The van der Waals surface area contributed by atoms with Crippen LogP contribution in [0.15, 0.2) is 22.0 Å². The largest absolute Gasteiger partial charge is 0.381 e. The van der Waals surface area contributed by atoms with Gasteiger partial charge in [0.15, 0.2) is 5.82 Å². The van der Waals surface area contributed by atoms with Crippen LogP contribution in [-0.4, -0.2) is 40.7 Å². The van der Waals surface area contributed by atoms with Gasteiger partial charge in [0.1, 0.15) is 6.04 Å². The van der Waals surface area contributed by atoms with Crippen molar-refractivity contribution in [1.82, 2.24) is 15.0 Å². The third-order valence-electron chi connectivity index (χ3n) is 5.31. The molecule has 6 nitrogen and oxygen atoms in total. The second kappa shape index (κ2) is 8.31. The van der Waals surface area contributed by atoms with Gasteiger partial charge in [-0.2, -0.15) is 4.98 Å². The van der Waals surface area contributed by atoms with E-state index in [9.17, 15) is 4.79 Å². The fraction of sp³-hybridized carbons (Fsp3) is 0.632. The third kappa shape index (κ3) is 3.99. The Bertz CT molecular complexity index is 709.